The fraction of sp³-hybridized carbons (Fsp3) is 1.00. The lowest BCUT2D eigenvalue weighted by Gasteiger charge is -2.28. The number of hydrogen-bond donors (Lipinski definition) is 1. The SMILES string of the molecule is CC(F)CC1CS(=O)(=O)CCC1N. The van der Waals surface area contributed by atoms with Crippen LogP contribution in [0.2, 0.25) is 0 Å². The highest BCUT2D eigenvalue weighted by Crippen LogP contribution is 2.22. The van der Waals surface area contributed by atoms with Crippen molar-refractivity contribution in [2.45, 2.75) is 32.0 Å². The minimum absolute atomic E-state index is 0.0580. The van der Waals surface area contributed by atoms with Gasteiger partial charge in [0.05, 0.1) is 17.7 Å². The van der Waals surface area contributed by atoms with Crippen molar-refractivity contribution >= 4 is 9.84 Å². The molecule has 3 unspecified atom stereocenters. The Morgan fingerprint density at radius 3 is 2.77 bits per heavy atom. The molecule has 2 N–H and O–H groups in total. The summed E-state index contributed by atoms with van der Waals surface area (Å²) in [6.07, 6.45) is -0.232. The zero-order chi connectivity index (χ0) is 10.1. The van der Waals surface area contributed by atoms with Crippen molar-refractivity contribution in [3.8, 4) is 0 Å². The normalized spacial score (nSPS) is 35.6. The van der Waals surface area contributed by atoms with Crippen LogP contribution in [0.25, 0.3) is 0 Å². The van der Waals surface area contributed by atoms with E-state index in [0.717, 1.165) is 0 Å². The van der Waals surface area contributed by atoms with E-state index in [1.165, 1.54) is 6.92 Å². The van der Waals surface area contributed by atoms with Gasteiger partial charge in [0.2, 0.25) is 0 Å². The Morgan fingerprint density at radius 1 is 1.62 bits per heavy atom. The minimum Gasteiger partial charge on any atom is -0.327 e. The second-order valence-corrected chi connectivity index (χ2v) is 6.07. The molecule has 0 aliphatic carbocycles. The highest BCUT2D eigenvalue weighted by Gasteiger charge is 2.31. The second kappa shape index (κ2) is 3.92. The van der Waals surface area contributed by atoms with Crippen LogP contribution < -0.4 is 5.73 Å². The Bertz CT molecular complexity index is 263. The van der Waals surface area contributed by atoms with E-state index in [0.29, 0.717) is 6.42 Å². The van der Waals surface area contributed by atoms with Crippen LogP contribution >= 0.6 is 0 Å². The second-order valence-electron chi connectivity index (χ2n) is 3.84. The monoisotopic (exact) mass is 209 g/mol. The third kappa shape index (κ3) is 3.23. The maximum atomic E-state index is 12.7. The molecule has 0 saturated carbocycles. The van der Waals surface area contributed by atoms with E-state index in [9.17, 15) is 12.8 Å². The summed E-state index contributed by atoms with van der Waals surface area (Å²) in [6, 6.07) is -0.151. The van der Waals surface area contributed by atoms with Crippen molar-refractivity contribution in [1.82, 2.24) is 0 Å². The van der Waals surface area contributed by atoms with Crippen molar-refractivity contribution in [3.05, 3.63) is 0 Å². The van der Waals surface area contributed by atoms with E-state index in [1.54, 1.807) is 0 Å². The largest absolute Gasteiger partial charge is 0.327 e. The zero-order valence-electron chi connectivity index (χ0n) is 7.74. The number of nitrogens with two attached hydrogens (primary N) is 1. The van der Waals surface area contributed by atoms with Gasteiger partial charge < -0.3 is 5.73 Å². The molecule has 1 rings (SSSR count). The number of hydrogen-bond acceptors (Lipinski definition) is 3. The summed E-state index contributed by atoms with van der Waals surface area (Å²) < 4.78 is 35.1. The molecule has 3 atom stereocenters. The van der Waals surface area contributed by atoms with Crippen LogP contribution in [0.1, 0.15) is 19.8 Å². The molecule has 1 fully saturated rings. The van der Waals surface area contributed by atoms with Crippen LogP contribution in [0.3, 0.4) is 0 Å². The molecule has 1 heterocycles. The first-order valence-electron chi connectivity index (χ1n) is 4.51. The van der Waals surface area contributed by atoms with Crippen LogP contribution in [-0.4, -0.2) is 32.1 Å². The summed E-state index contributed by atoms with van der Waals surface area (Å²) in [4.78, 5) is 0. The summed E-state index contributed by atoms with van der Waals surface area (Å²) in [5.41, 5.74) is 5.72. The molecule has 0 spiro atoms. The van der Waals surface area contributed by atoms with Crippen molar-refractivity contribution in [2.75, 3.05) is 11.5 Å². The summed E-state index contributed by atoms with van der Waals surface area (Å²) in [6.45, 7) is 1.44. The first-order valence-corrected chi connectivity index (χ1v) is 6.33. The minimum atomic E-state index is -2.96. The molecule has 0 amide bonds. The molecule has 13 heavy (non-hydrogen) atoms. The van der Waals surface area contributed by atoms with Crippen LogP contribution in [0.15, 0.2) is 0 Å². The van der Waals surface area contributed by atoms with Crippen molar-refractivity contribution in [2.24, 2.45) is 11.7 Å². The predicted molar refractivity (Wildman–Crippen MR) is 49.9 cm³/mol. The third-order valence-corrected chi connectivity index (χ3v) is 4.26. The average molecular weight is 209 g/mol. The lowest BCUT2D eigenvalue weighted by Crippen LogP contribution is -2.42. The van der Waals surface area contributed by atoms with Crippen molar-refractivity contribution < 1.29 is 12.8 Å². The molecule has 1 aliphatic rings. The summed E-state index contributed by atoms with van der Waals surface area (Å²) >= 11 is 0. The summed E-state index contributed by atoms with van der Waals surface area (Å²) in [7, 11) is -2.96. The van der Waals surface area contributed by atoms with E-state index in [4.69, 9.17) is 5.73 Å². The number of sulfone groups is 1. The standard InChI is InChI=1S/C8H16FNO2S/c1-6(9)4-7-5-13(11,12)3-2-8(7)10/h6-8H,2-5,10H2,1H3. The third-order valence-electron chi connectivity index (χ3n) is 2.46. The average Bonchev–Trinajstić information content (AvgIpc) is 1.95. The molecule has 0 aromatic carbocycles. The Balaban J connectivity index is 2.61. The van der Waals surface area contributed by atoms with Gasteiger partial charge in [0.25, 0.3) is 0 Å². The highest BCUT2D eigenvalue weighted by molar-refractivity contribution is 7.91. The smallest absolute Gasteiger partial charge is 0.150 e. The predicted octanol–water partition coefficient (Wildman–Crippen LogP) is 0.497. The van der Waals surface area contributed by atoms with E-state index in [1.807, 2.05) is 0 Å². The molecule has 3 nitrogen and oxygen atoms in total. The van der Waals surface area contributed by atoms with E-state index in [2.05, 4.69) is 0 Å². The van der Waals surface area contributed by atoms with Gasteiger partial charge in [0, 0.05) is 6.04 Å². The Kier molecular flexibility index (Phi) is 3.29. The molecule has 78 valence electrons. The van der Waals surface area contributed by atoms with Crippen LogP contribution in [-0.2, 0) is 9.84 Å². The van der Waals surface area contributed by atoms with Gasteiger partial charge in [0.15, 0.2) is 9.84 Å². The number of rotatable bonds is 2. The lowest BCUT2D eigenvalue weighted by molar-refractivity contribution is 0.270. The van der Waals surface area contributed by atoms with Crippen LogP contribution in [0.4, 0.5) is 4.39 Å². The molecular formula is C8H16FNO2S. The molecule has 5 heteroatoms. The first-order chi connectivity index (χ1) is 5.91. The molecule has 0 aromatic rings. The molecular weight excluding hydrogens is 193 g/mol. The van der Waals surface area contributed by atoms with Crippen molar-refractivity contribution in [3.63, 3.8) is 0 Å². The van der Waals surface area contributed by atoms with E-state index < -0.39 is 16.0 Å². The maximum Gasteiger partial charge on any atom is 0.150 e. The van der Waals surface area contributed by atoms with E-state index >= 15 is 0 Å². The van der Waals surface area contributed by atoms with Gasteiger partial charge in [0.1, 0.15) is 0 Å². The van der Waals surface area contributed by atoms with Gasteiger partial charge in [-0.25, -0.2) is 12.8 Å². The topological polar surface area (TPSA) is 60.2 Å². The lowest BCUT2D eigenvalue weighted by atomic mass is 9.94. The Hall–Kier alpha value is -0.160. The van der Waals surface area contributed by atoms with E-state index in [-0.39, 0.29) is 29.9 Å². The highest BCUT2D eigenvalue weighted by atomic mass is 32.2. The Labute approximate surface area is 78.4 Å². The zero-order valence-corrected chi connectivity index (χ0v) is 8.56. The van der Waals surface area contributed by atoms with Crippen LogP contribution in [0.5, 0.6) is 0 Å². The fourth-order valence-electron chi connectivity index (χ4n) is 1.74. The first kappa shape index (κ1) is 10.9. The summed E-state index contributed by atoms with van der Waals surface area (Å²) in [5.74, 6) is 0.0204. The van der Waals surface area contributed by atoms with Gasteiger partial charge in [-0.05, 0) is 25.7 Å². The Morgan fingerprint density at radius 2 is 2.23 bits per heavy atom. The maximum absolute atomic E-state index is 12.7. The molecule has 0 radical (unpaired) electrons. The molecule has 1 aliphatic heterocycles. The fourth-order valence-corrected chi connectivity index (χ4v) is 3.58. The van der Waals surface area contributed by atoms with Gasteiger partial charge >= 0.3 is 0 Å². The number of halogens is 1. The quantitative estimate of drug-likeness (QED) is 0.720. The van der Waals surface area contributed by atoms with Crippen molar-refractivity contribution in [1.29, 1.82) is 0 Å². The summed E-state index contributed by atoms with van der Waals surface area (Å²) in [5, 5.41) is 0. The number of alkyl halides is 1. The van der Waals surface area contributed by atoms with Crippen LogP contribution in [0, 0.1) is 5.92 Å². The van der Waals surface area contributed by atoms with Gasteiger partial charge in [-0.2, -0.15) is 0 Å². The van der Waals surface area contributed by atoms with Gasteiger partial charge in [-0.15, -0.1) is 0 Å². The van der Waals surface area contributed by atoms with Gasteiger partial charge in [-0.3, -0.25) is 0 Å². The molecule has 0 bridgehead atoms. The van der Waals surface area contributed by atoms with Gasteiger partial charge in [-0.1, -0.05) is 0 Å². The molecule has 1 saturated heterocycles. The molecule has 0 aromatic heterocycles.